The molecule has 1 rings (SSSR count). The lowest BCUT2D eigenvalue weighted by molar-refractivity contribution is 0.184. The highest BCUT2D eigenvalue weighted by Gasteiger charge is 2.07. The van der Waals surface area contributed by atoms with Crippen LogP contribution >= 0.6 is 11.6 Å². The Morgan fingerprint density at radius 3 is 2.61 bits per heavy atom. The highest BCUT2D eigenvalue weighted by molar-refractivity contribution is 6.32. The van der Waals surface area contributed by atoms with Gasteiger partial charge in [0.05, 0.1) is 11.6 Å². The van der Waals surface area contributed by atoms with Gasteiger partial charge in [0.15, 0.2) is 0 Å². The van der Waals surface area contributed by atoms with E-state index in [1.54, 1.807) is 7.11 Å². The maximum absolute atomic E-state index is 6.19. The average molecular weight is 272 g/mol. The van der Waals surface area contributed by atoms with E-state index in [4.69, 9.17) is 21.1 Å². The van der Waals surface area contributed by atoms with Crippen molar-refractivity contribution in [2.75, 3.05) is 27.4 Å². The molecule has 0 aromatic heterocycles. The normalized spacial score (nSPS) is 12.4. The van der Waals surface area contributed by atoms with Crippen molar-refractivity contribution in [1.82, 2.24) is 5.32 Å². The van der Waals surface area contributed by atoms with Gasteiger partial charge in [-0.1, -0.05) is 17.7 Å². The first kappa shape index (κ1) is 15.3. The quantitative estimate of drug-likeness (QED) is 0.735. The maximum atomic E-state index is 6.19. The summed E-state index contributed by atoms with van der Waals surface area (Å²) in [5.74, 6) is 0.751. The fraction of sp³-hybridized carbons (Fsp3) is 0.571. The summed E-state index contributed by atoms with van der Waals surface area (Å²) in [5, 5.41) is 3.85. The third-order valence-corrected chi connectivity index (χ3v) is 3.18. The molecule has 0 saturated heterocycles. The number of rotatable bonds is 8. The van der Waals surface area contributed by atoms with Crippen LogP contribution in [0.4, 0.5) is 0 Å². The molecule has 0 aliphatic carbocycles. The molecular formula is C14H22ClNO2. The fourth-order valence-corrected chi connectivity index (χ4v) is 1.84. The predicted molar refractivity (Wildman–Crippen MR) is 75.5 cm³/mol. The molecule has 18 heavy (non-hydrogen) atoms. The number of hydrogen-bond donors (Lipinski definition) is 1. The summed E-state index contributed by atoms with van der Waals surface area (Å²) in [7, 11) is 3.64. The molecule has 0 heterocycles. The van der Waals surface area contributed by atoms with Crippen molar-refractivity contribution < 1.29 is 9.47 Å². The molecule has 0 aliphatic rings. The third kappa shape index (κ3) is 4.84. The molecule has 1 atom stereocenters. The molecule has 1 unspecified atom stereocenters. The van der Waals surface area contributed by atoms with E-state index in [0.29, 0.717) is 17.7 Å². The second-order valence-corrected chi connectivity index (χ2v) is 4.66. The van der Waals surface area contributed by atoms with Gasteiger partial charge in [-0.15, -0.1) is 0 Å². The molecule has 1 aromatic carbocycles. The van der Waals surface area contributed by atoms with E-state index in [1.165, 1.54) is 0 Å². The van der Waals surface area contributed by atoms with Crippen LogP contribution in [0.15, 0.2) is 18.2 Å². The van der Waals surface area contributed by atoms with Crippen LogP contribution < -0.4 is 10.1 Å². The monoisotopic (exact) mass is 271 g/mol. The largest absolute Gasteiger partial charge is 0.492 e. The molecule has 4 heteroatoms. The molecule has 1 N–H and O–H groups in total. The lowest BCUT2D eigenvalue weighted by Gasteiger charge is -2.13. The van der Waals surface area contributed by atoms with E-state index >= 15 is 0 Å². The number of ether oxygens (including phenoxy) is 2. The van der Waals surface area contributed by atoms with Crippen LogP contribution in [0.2, 0.25) is 5.02 Å². The number of methoxy groups -OCH3 is 1. The van der Waals surface area contributed by atoms with Crippen LogP contribution in [0, 0.1) is 0 Å². The molecule has 0 spiro atoms. The minimum atomic E-state index is 0.290. The Morgan fingerprint density at radius 1 is 1.28 bits per heavy atom. The Morgan fingerprint density at radius 2 is 2.00 bits per heavy atom. The lowest BCUT2D eigenvalue weighted by atomic mass is 10.1. The Labute approximate surface area is 114 Å². The Bertz CT molecular complexity index is 358. The zero-order valence-electron chi connectivity index (χ0n) is 11.3. The Kier molecular flexibility index (Phi) is 7.09. The number of benzene rings is 1. The summed E-state index contributed by atoms with van der Waals surface area (Å²) in [4.78, 5) is 0. The summed E-state index contributed by atoms with van der Waals surface area (Å²) in [6.07, 6.45) is 1.97. The van der Waals surface area contributed by atoms with Crippen molar-refractivity contribution in [1.29, 1.82) is 0 Å². The molecule has 0 saturated carbocycles. The van der Waals surface area contributed by atoms with Crippen molar-refractivity contribution in [3.05, 3.63) is 28.8 Å². The number of nitrogens with one attached hydrogen (secondary N) is 1. The third-order valence-electron chi connectivity index (χ3n) is 2.89. The number of unbranched alkanes of at least 4 members (excludes halogenated alkanes) is 1. The summed E-state index contributed by atoms with van der Waals surface area (Å²) in [5.41, 5.74) is 1.16. The fourth-order valence-electron chi connectivity index (χ4n) is 1.60. The van der Waals surface area contributed by atoms with Gasteiger partial charge in [0.2, 0.25) is 0 Å². The van der Waals surface area contributed by atoms with Gasteiger partial charge < -0.3 is 14.8 Å². The molecule has 0 bridgehead atoms. The van der Waals surface area contributed by atoms with Gasteiger partial charge in [0.25, 0.3) is 0 Å². The van der Waals surface area contributed by atoms with E-state index in [2.05, 4.69) is 12.2 Å². The topological polar surface area (TPSA) is 30.5 Å². The van der Waals surface area contributed by atoms with Gasteiger partial charge in [-0.05, 0) is 44.5 Å². The smallest absolute Gasteiger partial charge is 0.137 e. The van der Waals surface area contributed by atoms with Crippen LogP contribution in [0.3, 0.4) is 0 Å². The molecule has 3 nitrogen and oxygen atoms in total. The van der Waals surface area contributed by atoms with E-state index in [1.807, 2.05) is 25.2 Å². The standard InChI is InChI=1S/C14H22ClNO2/c1-11(16-2)12-6-7-14(13(15)10-12)18-9-5-4-8-17-3/h6-7,10-11,16H,4-5,8-9H2,1-3H3. The van der Waals surface area contributed by atoms with Crippen molar-refractivity contribution in [3.63, 3.8) is 0 Å². The second kappa shape index (κ2) is 8.35. The van der Waals surface area contributed by atoms with Gasteiger partial charge in [-0.25, -0.2) is 0 Å². The minimum absolute atomic E-state index is 0.290. The molecule has 0 radical (unpaired) electrons. The minimum Gasteiger partial charge on any atom is -0.492 e. The Balaban J connectivity index is 2.47. The zero-order chi connectivity index (χ0) is 13.4. The zero-order valence-corrected chi connectivity index (χ0v) is 12.1. The summed E-state index contributed by atoms with van der Waals surface area (Å²) < 4.78 is 10.6. The predicted octanol–water partition coefficient (Wildman–Crippen LogP) is 3.43. The number of halogens is 1. The van der Waals surface area contributed by atoms with Crippen molar-refractivity contribution in [3.8, 4) is 5.75 Å². The van der Waals surface area contributed by atoms with Crippen molar-refractivity contribution in [2.24, 2.45) is 0 Å². The summed E-state index contributed by atoms with van der Waals surface area (Å²) in [6.45, 7) is 3.54. The van der Waals surface area contributed by atoms with Crippen LogP contribution in [0.1, 0.15) is 31.4 Å². The van der Waals surface area contributed by atoms with E-state index < -0.39 is 0 Å². The average Bonchev–Trinajstić information content (AvgIpc) is 2.39. The van der Waals surface area contributed by atoms with Crippen molar-refractivity contribution in [2.45, 2.75) is 25.8 Å². The SMILES string of the molecule is CNC(C)c1ccc(OCCCCOC)c(Cl)c1. The van der Waals surface area contributed by atoms with Crippen LogP contribution in [0.5, 0.6) is 5.75 Å². The highest BCUT2D eigenvalue weighted by atomic mass is 35.5. The molecule has 0 aliphatic heterocycles. The van der Waals surface area contributed by atoms with Crippen LogP contribution in [-0.2, 0) is 4.74 Å². The van der Waals surface area contributed by atoms with Crippen LogP contribution in [-0.4, -0.2) is 27.4 Å². The first-order chi connectivity index (χ1) is 8.69. The lowest BCUT2D eigenvalue weighted by Crippen LogP contribution is -2.12. The second-order valence-electron chi connectivity index (χ2n) is 4.25. The van der Waals surface area contributed by atoms with E-state index in [9.17, 15) is 0 Å². The van der Waals surface area contributed by atoms with Crippen molar-refractivity contribution >= 4 is 11.6 Å². The molecule has 102 valence electrons. The van der Waals surface area contributed by atoms with E-state index in [0.717, 1.165) is 30.8 Å². The van der Waals surface area contributed by atoms with Gasteiger partial charge in [-0.3, -0.25) is 0 Å². The van der Waals surface area contributed by atoms with Gasteiger partial charge in [-0.2, -0.15) is 0 Å². The Hall–Kier alpha value is -0.770. The first-order valence-electron chi connectivity index (χ1n) is 6.27. The molecule has 0 fully saturated rings. The maximum Gasteiger partial charge on any atom is 0.137 e. The highest BCUT2D eigenvalue weighted by Crippen LogP contribution is 2.27. The van der Waals surface area contributed by atoms with Crippen LogP contribution in [0.25, 0.3) is 0 Å². The summed E-state index contributed by atoms with van der Waals surface area (Å²) in [6, 6.07) is 6.21. The van der Waals surface area contributed by atoms with E-state index in [-0.39, 0.29) is 0 Å². The molecule has 1 aromatic rings. The molecular weight excluding hydrogens is 250 g/mol. The summed E-state index contributed by atoms with van der Waals surface area (Å²) >= 11 is 6.19. The van der Waals surface area contributed by atoms with Gasteiger partial charge >= 0.3 is 0 Å². The first-order valence-corrected chi connectivity index (χ1v) is 6.65. The molecule has 0 amide bonds. The van der Waals surface area contributed by atoms with Gasteiger partial charge in [0.1, 0.15) is 5.75 Å². The van der Waals surface area contributed by atoms with Gasteiger partial charge in [0, 0.05) is 19.8 Å². The number of hydrogen-bond acceptors (Lipinski definition) is 3.